The Kier molecular flexibility index (Phi) is 4.65. The Morgan fingerprint density at radius 1 is 1.46 bits per heavy atom. The molecule has 24 heavy (non-hydrogen) atoms. The van der Waals surface area contributed by atoms with Crippen molar-refractivity contribution in [3.63, 3.8) is 0 Å². The maximum atomic E-state index is 12.6. The van der Waals surface area contributed by atoms with Crippen LogP contribution in [0.1, 0.15) is 56.9 Å². The highest BCUT2D eigenvalue weighted by Gasteiger charge is 2.47. The molecule has 0 bridgehead atoms. The van der Waals surface area contributed by atoms with E-state index in [-0.39, 0.29) is 17.7 Å². The lowest BCUT2D eigenvalue weighted by Crippen LogP contribution is -2.45. The molecule has 1 saturated heterocycles. The van der Waals surface area contributed by atoms with Gasteiger partial charge in [0.25, 0.3) is 0 Å². The molecule has 1 aliphatic heterocycles. The van der Waals surface area contributed by atoms with Crippen molar-refractivity contribution in [1.29, 1.82) is 0 Å². The Hall–Kier alpha value is -1.85. The second kappa shape index (κ2) is 6.57. The number of hydrogen-bond acceptors (Lipinski definition) is 4. The van der Waals surface area contributed by atoms with E-state index in [0.29, 0.717) is 31.8 Å². The van der Waals surface area contributed by atoms with Gasteiger partial charge in [0.2, 0.25) is 11.8 Å². The third-order valence-corrected chi connectivity index (χ3v) is 5.51. The van der Waals surface area contributed by atoms with Gasteiger partial charge in [0, 0.05) is 38.5 Å². The zero-order chi connectivity index (χ0) is 17.3. The van der Waals surface area contributed by atoms with Crippen LogP contribution in [0.2, 0.25) is 0 Å². The van der Waals surface area contributed by atoms with Crippen molar-refractivity contribution in [3.05, 3.63) is 17.5 Å². The minimum absolute atomic E-state index is 0.0195. The summed E-state index contributed by atoms with van der Waals surface area (Å²) in [5, 5.41) is 6.87. The molecule has 6 nitrogen and oxygen atoms in total. The average molecular weight is 333 g/mol. The topological polar surface area (TPSA) is 75.4 Å². The van der Waals surface area contributed by atoms with Gasteiger partial charge in [0.1, 0.15) is 5.76 Å². The Morgan fingerprint density at radius 3 is 2.75 bits per heavy atom. The van der Waals surface area contributed by atoms with Crippen LogP contribution in [0.25, 0.3) is 0 Å². The highest BCUT2D eigenvalue weighted by Crippen LogP contribution is 2.38. The molecule has 2 aliphatic rings. The van der Waals surface area contributed by atoms with Gasteiger partial charge in [-0.15, -0.1) is 0 Å². The van der Waals surface area contributed by atoms with Gasteiger partial charge in [0.15, 0.2) is 0 Å². The van der Waals surface area contributed by atoms with E-state index in [2.05, 4.69) is 24.3 Å². The van der Waals surface area contributed by atoms with Crippen LogP contribution in [0, 0.1) is 11.3 Å². The monoisotopic (exact) mass is 333 g/mol. The van der Waals surface area contributed by atoms with Crippen molar-refractivity contribution in [1.82, 2.24) is 15.4 Å². The van der Waals surface area contributed by atoms with E-state index < -0.39 is 5.41 Å². The number of aromatic nitrogens is 1. The van der Waals surface area contributed by atoms with Crippen LogP contribution in [0.3, 0.4) is 0 Å². The van der Waals surface area contributed by atoms with E-state index in [1.807, 2.05) is 11.0 Å². The predicted octanol–water partition coefficient (Wildman–Crippen LogP) is 2.11. The summed E-state index contributed by atoms with van der Waals surface area (Å²) in [6, 6.07) is 1.94. The molecular weight excluding hydrogens is 306 g/mol. The molecule has 1 atom stereocenters. The van der Waals surface area contributed by atoms with Crippen molar-refractivity contribution < 1.29 is 14.1 Å². The largest absolute Gasteiger partial charge is 0.361 e. The lowest BCUT2D eigenvalue weighted by molar-refractivity contribution is -0.138. The number of hydrogen-bond donors (Lipinski definition) is 1. The first kappa shape index (κ1) is 17.0. The van der Waals surface area contributed by atoms with Crippen LogP contribution in [0.4, 0.5) is 0 Å². The Morgan fingerprint density at radius 2 is 2.21 bits per heavy atom. The van der Waals surface area contributed by atoms with Crippen LogP contribution in [0.5, 0.6) is 0 Å². The maximum Gasteiger partial charge on any atom is 0.228 e. The summed E-state index contributed by atoms with van der Waals surface area (Å²) in [7, 11) is 1.65. The second-order valence-corrected chi connectivity index (χ2v) is 7.55. The van der Waals surface area contributed by atoms with Gasteiger partial charge in [-0.25, -0.2) is 0 Å². The van der Waals surface area contributed by atoms with E-state index in [1.54, 1.807) is 7.05 Å². The molecule has 2 fully saturated rings. The van der Waals surface area contributed by atoms with Crippen molar-refractivity contribution in [3.8, 4) is 0 Å². The second-order valence-electron chi connectivity index (χ2n) is 7.55. The Bertz CT molecular complexity index is 621. The van der Waals surface area contributed by atoms with Gasteiger partial charge in [-0.2, -0.15) is 0 Å². The smallest absolute Gasteiger partial charge is 0.228 e. The van der Waals surface area contributed by atoms with Crippen molar-refractivity contribution in [2.24, 2.45) is 11.3 Å². The quantitative estimate of drug-likeness (QED) is 0.895. The van der Waals surface area contributed by atoms with E-state index in [4.69, 9.17) is 4.52 Å². The lowest BCUT2D eigenvalue weighted by Gasteiger charge is -2.31. The summed E-state index contributed by atoms with van der Waals surface area (Å²) in [4.78, 5) is 27.0. The fraction of sp³-hybridized carbons (Fsp3) is 0.722. The first-order valence-corrected chi connectivity index (χ1v) is 8.91. The molecule has 3 rings (SSSR count). The van der Waals surface area contributed by atoms with Crippen LogP contribution in [0.15, 0.2) is 10.6 Å². The molecule has 1 aromatic heterocycles. The SMILES string of the molecule is CNC(=O)[C@@]1(Cc2cc(C(C)C)no2)CCN(C(=O)C2CCC2)C1. The van der Waals surface area contributed by atoms with Crippen LogP contribution in [-0.4, -0.2) is 42.0 Å². The van der Waals surface area contributed by atoms with Gasteiger partial charge in [-0.05, 0) is 25.2 Å². The number of likely N-dealkylation sites (tertiary alicyclic amines) is 1. The molecule has 1 aliphatic carbocycles. The average Bonchev–Trinajstić information content (AvgIpc) is 3.13. The van der Waals surface area contributed by atoms with Crippen molar-refractivity contribution in [2.45, 2.75) is 51.9 Å². The van der Waals surface area contributed by atoms with E-state index >= 15 is 0 Å². The standard InChI is InChI=1S/C18H27N3O3/c1-12(2)15-9-14(24-20-15)10-18(17(23)19-3)7-8-21(11-18)16(22)13-5-4-6-13/h9,12-13H,4-8,10-11H2,1-3H3,(H,19,23)/t18-/m1/s1. The van der Waals surface area contributed by atoms with Crippen LogP contribution in [-0.2, 0) is 16.0 Å². The predicted molar refractivity (Wildman–Crippen MR) is 89.3 cm³/mol. The molecule has 0 spiro atoms. The summed E-state index contributed by atoms with van der Waals surface area (Å²) in [5.41, 5.74) is 0.291. The van der Waals surface area contributed by atoms with Gasteiger partial charge in [0.05, 0.1) is 11.1 Å². The number of nitrogens with one attached hydrogen (secondary N) is 1. The lowest BCUT2D eigenvalue weighted by atomic mass is 9.81. The third kappa shape index (κ3) is 3.06. The molecule has 1 saturated carbocycles. The summed E-state index contributed by atoms with van der Waals surface area (Å²) in [6.45, 7) is 5.24. The zero-order valence-electron chi connectivity index (χ0n) is 14.8. The summed E-state index contributed by atoms with van der Waals surface area (Å²) in [6.07, 6.45) is 4.27. The molecule has 0 radical (unpaired) electrons. The molecule has 132 valence electrons. The molecule has 2 heterocycles. The Labute approximate surface area is 142 Å². The summed E-state index contributed by atoms with van der Waals surface area (Å²) < 4.78 is 5.45. The normalized spacial score (nSPS) is 24.2. The number of carbonyl (C=O) groups is 2. The first-order valence-electron chi connectivity index (χ1n) is 8.91. The highest BCUT2D eigenvalue weighted by molar-refractivity contribution is 5.86. The molecule has 2 amide bonds. The molecule has 1 aromatic rings. The molecule has 6 heteroatoms. The van der Waals surface area contributed by atoms with Crippen LogP contribution >= 0.6 is 0 Å². The van der Waals surface area contributed by atoms with E-state index in [0.717, 1.165) is 30.7 Å². The fourth-order valence-electron chi connectivity index (χ4n) is 3.67. The summed E-state index contributed by atoms with van der Waals surface area (Å²) >= 11 is 0. The van der Waals surface area contributed by atoms with Crippen molar-refractivity contribution >= 4 is 11.8 Å². The third-order valence-electron chi connectivity index (χ3n) is 5.51. The van der Waals surface area contributed by atoms with Gasteiger partial charge in [-0.1, -0.05) is 25.4 Å². The van der Waals surface area contributed by atoms with E-state index in [9.17, 15) is 9.59 Å². The fourth-order valence-corrected chi connectivity index (χ4v) is 3.67. The zero-order valence-corrected chi connectivity index (χ0v) is 14.8. The minimum Gasteiger partial charge on any atom is -0.361 e. The maximum absolute atomic E-state index is 12.6. The van der Waals surface area contributed by atoms with E-state index in [1.165, 1.54) is 0 Å². The molecule has 1 N–H and O–H groups in total. The van der Waals surface area contributed by atoms with Gasteiger partial charge >= 0.3 is 0 Å². The number of carbonyl (C=O) groups excluding carboxylic acids is 2. The highest BCUT2D eigenvalue weighted by atomic mass is 16.5. The minimum atomic E-state index is -0.609. The number of rotatable bonds is 5. The van der Waals surface area contributed by atoms with Gasteiger partial charge < -0.3 is 14.7 Å². The molecule has 0 unspecified atom stereocenters. The summed E-state index contributed by atoms with van der Waals surface area (Å²) in [5.74, 6) is 1.38. The van der Waals surface area contributed by atoms with Crippen LogP contribution < -0.4 is 5.32 Å². The number of amides is 2. The Balaban J connectivity index is 1.75. The molecule has 0 aromatic carbocycles. The van der Waals surface area contributed by atoms with Crippen molar-refractivity contribution in [2.75, 3.05) is 20.1 Å². The number of nitrogens with zero attached hydrogens (tertiary/aromatic N) is 2. The van der Waals surface area contributed by atoms with Gasteiger partial charge in [-0.3, -0.25) is 9.59 Å². The molecular formula is C18H27N3O3. The first-order chi connectivity index (χ1) is 11.4.